The number of allylic oxidation sites excluding steroid dienone is 8. The molecule has 0 spiro atoms. The molecule has 1 fully saturated rings. The Morgan fingerprint density at radius 1 is 1.04 bits per heavy atom. The fourth-order valence-corrected chi connectivity index (χ4v) is 3.80. The molecule has 150 valence electrons. The lowest BCUT2D eigenvalue weighted by Gasteiger charge is -2.31. The minimum Gasteiger partial charge on any atom is -0.509 e. The molecule has 1 N–H and O–H groups in total. The number of likely N-dealkylation sites (N-methyl/N-ethyl adjacent to an activating group) is 1. The molecule has 1 aliphatic carbocycles. The summed E-state index contributed by atoms with van der Waals surface area (Å²) in [5, 5.41) is 9.73. The Bertz CT molecular complexity index is 612. The second kappa shape index (κ2) is 12.4. The van der Waals surface area contributed by atoms with Gasteiger partial charge in [0.1, 0.15) is 5.76 Å². The van der Waals surface area contributed by atoms with E-state index in [0.29, 0.717) is 0 Å². The van der Waals surface area contributed by atoms with Crippen LogP contribution in [0, 0.1) is 5.92 Å². The lowest BCUT2D eigenvalue weighted by Crippen LogP contribution is -2.27. The van der Waals surface area contributed by atoms with E-state index in [1.54, 1.807) is 6.08 Å². The fraction of sp³-hybridized carbons (Fsp3) is 0.520. The van der Waals surface area contributed by atoms with Crippen molar-refractivity contribution >= 4 is 0 Å². The molecule has 0 amide bonds. The molecule has 0 atom stereocenters. The third-order valence-electron chi connectivity index (χ3n) is 5.20. The predicted octanol–water partition coefficient (Wildman–Crippen LogP) is 7.26. The highest BCUT2D eigenvalue weighted by atomic mass is 16.3. The smallest absolute Gasteiger partial charge is 0.108 e. The van der Waals surface area contributed by atoms with Crippen LogP contribution in [0.5, 0.6) is 0 Å². The van der Waals surface area contributed by atoms with Gasteiger partial charge in [0.25, 0.3) is 0 Å². The third-order valence-corrected chi connectivity index (χ3v) is 5.20. The standard InChI is InChI=1S/C25H39NO/c1-7-13-22(8-2)16-20(4)17-25(24(9-3)18-21(5)27)26(6)19-23-14-11-10-12-15-23/h7,13,16-18,23,27H,4-5,8-12,14-15,19H2,1-3,6H3/b13-7-,22-16-,24-18+,25-17-. The molecule has 0 radical (unpaired) electrons. The molecule has 0 bridgehead atoms. The molecule has 0 heterocycles. The van der Waals surface area contributed by atoms with Crippen LogP contribution >= 0.6 is 0 Å². The molecule has 0 saturated heterocycles. The van der Waals surface area contributed by atoms with Gasteiger partial charge in [-0.1, -0.05) is 64.5 Å². The molecular weight excluding hydrogens is 330 g/mol. The first-order valence-corrected chi connectivity index (χ1v) is 10.4. The van der Waals surface area contributed by atoms with Gasteiger partial charge in [-0.25, -0.2) is 0 Å². The van der Waals surface area contributed by atoms with Gasteiger partial charge < -0.3 is 10.0 Å². The molecule has 1 aliphatic rings. The van der Waals surface area contributed by atoms with Crippen LogP contribution in [0.2, 0.25) is 0 Å². The monoisotopic (exact) mass is 369 g/mol. The summed E-state index contributed by atoms with van der Waals surface area (Å²) in [5.41, 5.74) is 4.48. The number of aliphatic hydroxyl groups excluding tert-OH is 1. The quantitative estimate of drug-likeness (QED) is 0.323. The maximum Gasteiger partial charge on any atom is 0.108 e. The molecule has 0 unspecified atom stereocenters. The summed E-state index contributed by atoms with van der Waals surface area (Å²) >= 11 is 0. The lowest BCUT2D eigenvalue weighted by atomic mass is 9.88. The van der Waals surface area contributed by atoms with Crippen LogP contribution in [-0.4, -0.2) is 23.6 Å². The van der Waals surface area contributed by atoms with Gasteiger partial charge in [-0.15, -0.1) is 0 Å². The average molecular weight is 370 g/mol. The number of hydrogen-bond acceptors (Lipinski definition) is 2. The van der Waals surface area contributed by atoms with Gasteiger partial charge in [0.05, 0.1) is 0 Å². The van der Waals surface area contributed by atoms with Crippen LogP contribution in [0.3, 0.4) is 0 Å². The topological polar surface area (TPSA) is 23.5 Å². The van der Waals surface area contributed by atoms with E-state index < -0.39 is 0 Å². The van der Waals surface area contributed by atoms with E-state index in [4.69, 9.17) is 0 Å². The Kier molecular flexibility index (Phi) is 10.6. The van der Waals surface area contributed by atoms with Crippen molar-refractivity contribution < 1.29 is 5.11 Å². The van der Waals surface area contributed by atoms with Gasteiger partial charge in [0.2, 0.25) is 0 Å². The Hall–Kier alpha value is -1.96. The van der Waals surface area contributed by atoms with E-state index >= 15 is 0 Å². The van der Waals surface area contributed by atoms with E-state index in [0.717, 1.165) is 42.1 Å². The van der Waals surface area contributed by atoms with Crippen molar-refractivity contribution in [3.63, 3.8) is 0 Å². The average Bonchev–Trinajstić information content (AvgIpc) is 2.64. The number of aliphatic hydroxyl groups is 1. The third kappa shape index (κ3) is 8.51. The van der Waals surface area contributed by atoms with Crippen molar-refractivity contribution in [1.82, 2.24) is 4.90 Å². The maximum absolute atomic E-state index is 9.73. The molecule has 2 heteroatoms. The van der Waals surface area contributed by atoms with Gasteiger partial charge >= 0.3 is 0 Å². The SMILES string of the molecule is C=C(/C=C(\C=C/C)CC)/C=C(/C(=C/C(=C)O)CC)N(C)CC1CCCCC1. The van der Waals surface area contributed by atoms with E-state index in [1.165, 1.54) is 37.7 Å². The van der Waals surface area contributed by atoms with Crippen molar-refractivity contribution in [2.45, 2.75) is 65.7 Å². The van der Waals surface area contributed by atoms with Crippen molar-refractivity contribution in [2.24, 2.45) is 5.92 Å². The first-order valence-electron chi connectivity index (χ1n) is 10.4. The maximum atomic E-state index is 9.73. The molecule has 0 aromatic carbocycles. The van der Waals surface area contributed by atoms with Crippen LogP contribution in [0.1, 0.15) is 65.7 Å². The van der Waals surface area contributed by atoms with Crippen LogP contribution < -0.4 is 0 Å². The predicted molar refractivity (Wildman–Crippen MR) is 120 cm³/mol. The largest absolute Gasteiger partial charge is 0.509 e. The summed E-state index contributed by atoms with van der Waals surface area (Å²) in [5.74, 6) is 0.855. The van der Waals surface area contributed by atoms with Gasteiger partial charge in [-0.05, 0) is 67.4 Å². The van der Waals surface area contributed by atoms with E-state index in [1.807, 2.05) is 6.92 Å². The van der Waals surface area contributed by atoms with Crippen LogP contribution in [0.4, 0.5) is 0 Å². The summed E-state index contributed by atoms with van der Waals surface area (Å²) in [6, 6.07) is 0. The molecule has 1 saturated carbocycles. The van der Waals surface area contributed by atoms with Crippen LogP contribution in [0.25, 0.3) is 0 Å². The van der Waals surface area contributed by atoms with Crippen molar-refractivity contribution in [3.05, 3.63) is 71.7 Å². The molecule has 0 aromatic rings. The summed E-state index contributed by atoms with van der Waals surface area (Å²) < 4.78 is 0. The Morgan fingerprint density at radius 2 is 1.70 bits per heavy atom. The lowest BCUT2D eigenvalue weighted by molar-refractivity contribution is 0.270. The van der Waals surface area contributed by atoms with Gasteiger partial charge in [-0.2, -0.15) is 0 Å². The Labute approximate surface area is 167 Å². The van der Waals surface area contributed by atoms with Crippen LogP contribution in [-0.2, 0) is 0 Å². The number of rotatable bonds is 10. The van der Waals surface area contributed by atoms with Crippen molar-refractivity contribution in [3.8, 4) is 0 Å². The molecular formula is C25H39NO. The number of hydrogen-bond donors (Lipinski definition) is 1. The molecule has 0 aromatic heterocycles. The van der Waals surface area contributed by atoms with Crippen molar-refractivity contribution in [2.75, 3.05) is 13.6 Å². The molecule has 2 nitrogen and oxygen atoms in total. The fourth-order valence-electron chi connectivity index (χ4n) is 3.80. The van der Waals surface area contributed by atoms with E-state index in [2.05, 4.69) is 63.3 Å². The second-order valence-corrected chi connectivity index (χ2v) is 7.58. The summed E-state index contributed by atoms with van der Waals surface area (Å²) in [6.45, 7) is 15.3. The molecule has 27 heavy (non-hydrogen) atoms. The highest BCUT2D eigenvalue weighted by molar-refractivity contribution is 5.43. The summed E-state index contributed by atoms with van der Waals surface area (Å²) in [7, 11) is 2.16. The zero-order valence-electron chi connectivity index (χ0n) is 17.9. The first-order chi connectivity index (χ1) is 12.9. The number of nitrogens with zero attached hydrogens (tertiary/aromatic N) is 1. The Morgan fingerprint density at radius 3 is 2.22 bits per heavy atom. The Balaban J connectivity index is 3.15. The van der Waals surface area contributed by atoms with E-state index in [9.17, 15) is 5.11 Å². The minimum atomic E-state index is 0.105. The highest BCUT2D eigenvalue weighted by Crippen LogP contribution is 2.28. The first kappa shape index (κ1) is 23.1. The highest BCUT2D eigenvalue weighted by Gasteiger charge is 2.18. The van der Waals surface area contributed by atoms with E-state index in [-0.39, 0.29) is 5.76 Å². The zero-order chi connectivity index (χ0) is 20.2. The van der Waals surface area contributed by atoms with Gasteiger partial charge in [0, 0.05) is 19.3 Å². The summed E-state index contributed by atoms with van der Waals surface area (Å²) in [4.78, 5) is 2.34. The molecule has 1 rings (SSSR count). The minimum absolute atomic E-state index is 0.105. The van der Waals surface area contributed by atoms with Crippen molar-refractivity contribution in [1.29, 1.82) is 0 Å². The van der Waals surface area contributed by atoms with Crippen LogP contribution in [0.15, 0.2) is 71.7 Å². The van der Waals surface area contributed by atoms with Gasteiger partial charge in [0.15, 0.2) is 0 Å². The van der Waals surface area contributed by atoms with Gasteiger partial charge in [-0.3, -0.25) is 0 Å². The molecule has 0 aliphatic heterocycles. The normalized spacial score (nSPS) is 17.4. The summed E-state index contributed by atoms with van der Waals surface area (Å²) in [6.07, 6.45) is 18.8. The second-order valence-electron chi connectivity index (χ2n) is 7.58. The zero-order valence-corrected chi connectivity index (χ0v) is 17.9.